The second kappa shape index (κ2) is 14.4. The smallest absolute Gasteiger partial charge is 0.331 e. The summed E-state index contributed by atoms with van der Waals surface area (Å²) in [6, 6.07) is 21.9. The molecule has 2 aromatic heterocycles. The first-order chi connectivity index (χ1) is 23.2. The number of amides is 2. The third-order valence-electron chi connectivity index (χ3n) is 8.29. The Morgan fingerprint density at radius 2 is 1.65 bits per heavy atom. The van der Waals surface area contributed by atoms with Crippen LogP contribution in [0.25, 0.3) is 11.0 Å². The van der Waals surface area contributed by atoms with Gasteiger partial charge in [-0.05, 0) is 73.1 Å². The van der Waals surface area contributed by atoms with Crippen LogP contribution >= 0.6 is 0 Å². The van der Waals surface area contributed by atoms with Crippen LogP contribution in [-0.2, 0) is 22.7 Å². The highest BCUT2D eigenvalue weighted by Crippen LogP contribution is 2.26. The molecule has 6 rings (SSSR count). The molecule has 1 aliphatic heterocycles. The van der Waals surface area contributed by atoms with Gasteiger partial charge >= 0.3 is 12.0 Å². The van der Waals surface area contributed by atoms with Gasteiger partial charge in [0, 0.05) is 68.5 Å². The SMILES string of the molecule is CC(=O)OCc1cccc(Nc2ncnc3c2ccn3C(=O)Nc2cc(NC(=O)c3ccc(CN4CCN(C)CC4)cc3)ccc2C)c1. The van der Waals surface area contributed by atoms with Crippen molar-refractivity contribution in [3.63, 3.8) is 0 Å². The van der Waals surface area contributed by atoms with Gasteiger partial charge in [-0.15, -0.1) is 0 Å². The van der Waals surface area contributed by atoms with E-state index in [-0.39, 0.29) is 18.5 Å². The van der Waals surface area contributed by atoms with E-state index in [0.717, 1.165) is 49.5 Å². The number of aryl methyl sites for hydroxylation is 1. The molecule has 0 unspecified atom stereocenters. The average molecular weight is 647 g/mol. The molecule has 0 radical (unpaired) electrons. The summed E-state index contributed by atoms with van der Waals surface area (Å²) < 4.78 is 6.51. The Balaban J connectivity index is 1.11. The number of hydrogen-bond donors (Lipinski definition) is 3. The van der Waals surface area contributed by atoms with E-state index in [2.05, 4.69) is 42.8 Å². The molecule has 0 spiro atoms. The molecule has 0 bridgehead atoms. The van der Waals surface area contributed by atoms with Crippen molar-refractivity contribution < 1.29 is 19.1 Å². The largest absolute Gasteiger partial charge is 0.461 e. The van der Waals surface area contributed by atoms with Crippen molar-refractivity contribution in [1.82, 2.24) is 24.3 Å². The minimum absolute atomic E-state index is 0.162. The predicted octanol–water partition coefficient (Wildman–Crippen LogP) is 5.63. The second-order valence-corrected chi connectivity index (χ2v) is 11.9. The number of hydrogen-bond acceptors (Lipinski definition) is 9. The van der Waals surface area contributed by atoms with Crippen LogP contribution in [0.4, 0.5) is 27.7 Å². The first-order valence-corrected chi connectivity index (χ1v) is 15.8. The number of carbonyl (C=O) groups is 3. The van der Waals surface area contributed by atoms with Gasteiger partial charge in [-0.1, -0.05) is 30.3 Å². The molecule has 0 atom stereocenters. The minimum atomic E-state index is -0.416. The number of fused-ring (bicyclic) bond motifs is 1. The van der Waals surface area contributed by atoms with Crippen LogP contribution in [0.15, 0.2) is 85.3 Å². The number of esters is 1. The molecule has 2 amide bonds. The second-order valence-electron chi connectivity index (χ2n) is 11.9. The summed E-state index contributed by atoms with van der Waals surface area (Å²) in [5.41, 5.74) is 5.66. The van der Waals surface area contributed by atoms with Crippen LogP contribution in [0, 0.1) is 6.92 Å². The molecule has 1 saturated heterocycles. The Morgan fingerprint density at radius 1 is 0.854 bits per heavy atom. The van der Waals surface area contributed by atoms with E-state index in [1.165, 1.54) is 23.4 Å². The van der Waals surface area contributed by atoms with Crippen LogP contribution in [0.5, 0.6) is 0 Å². The Morgan fingerprint density at radius 3 is 2.42 bits per heavy atom. The van der Waals surface area contributed by atoms with Crippen molar-refractivity contribution in [2.75, 3.05) is 49.2 Å². The number of anilines is 4. The summed E-state index contributed by atoms with van der Waals surface area (Å²) in [4.78, 5) is 51.2. The first kappa shape index (κ1) is 32.4. The van der Waals surface area contributed by atoms with E-state index < -0.39 is 6.03 Å². The standard InChI is InChI=1S/C36H38N8O4/c1-24-7-12-30(40-35(46)28-10-8-26(9-11-28)21-43-17-15-42(3)16-18-43)20-32(24)41-36(47)44-14-13-31-33(37-23-38-34(31)44)39-29-6-4-5-27(19-29)22-48-25(2)45/h4-14,19-20,23H,15-18,21-22H2,1-3H3,(H,40,46)(H,41,47)(H,37,38,39). The Bertz CT molecular complexity index is 1950. The van der Waals surface area contributed by atoms with Crippen molar-refractivity contribution in [1.29, 1.82) is 0 Å². The lowest BCUT2D eigenvalue weighted by Crippen LogP contribution is -2.43. The molecule has 12 heteroatoms. The zero-order valence-electron chi connectivity index (χ0n) is 27.2. The molecule has 3 heterocycles. The first-order valence-electron chi connectivity index (χ1n) is 15.8. The maximum Gasteiger partial charge on any atom is 0.331 e. The number of benzene rings is 3. The molecule has 246 valence electrons. The molecule has 5 aromatic rings. The fraction of sp³-hybridized carbons (Fsp3) is 0.250. The maximum atomic E-state index is 13.5. The molecule has 3 N–H and O–H groups in total. The van der Waals surface area contributed by atoms with Gasteiger partial charge in [-0.3, -0.25) is 19.1 Å². The molecule has 1 aliphatic rings. The quantitative estimate of drug-likeness (QED) is 0.174. The van der Waals surface area contributed by atoms with Gasteiger partial charge in [0.25, 0.3) is 5.91 Å². The van der Waals surface area contributed by atoms with Gasteiger partial charge < -0.3 is 25.6 Å². The number of likely N-dealkylation sites (N-methyl/N-ethyl adjacent to an activating group) is 1. The Kier molecular flexibility index (Phi) is 9.74. The summed E-state index contributed by atoms with van der Waals surface area (Å²) in [6.45, 7) is 8.47. The molecule has 48 heavy (non-hydrogen) atoms. The topological polar surface area (TPSA) is 134 Å². The lowest BCUT2D eigenvalue weighted by atomic mass is 10.1. The lowest BCUT2D eigenvalue weighted by molar-refractivity contribution is -0.142. The Hall–Kier alpha value is -5.59. The highest BCUT2D eigenvalue weighted by Gasteiger charge is 2.17. The Labute approximate surface area is 278 Å². The van der Waals surface area contributed by atoms with Crippen molar-refractivity contribution in [2.45, 2.75) is 27.0 Å². The van der Waals surface area contributed by atoms with Crippen molar-refractivity contribution >= 4 is 51.8 Å². The molecule has 0 aliphatic carbocycles. The third kappa shape index (κ3) is 7.85. The van der Waals surface area contributed by atoms with Crippen molar-refractivity contribution in [3.05, 3.63) is 108 Å². The van der Waals surface area contributed by atoms with E-state index >= 15 is 0 Å². The number of aromatic nitrogens is 3. The number of piperazine rings is 1. The monoisotopic (exact) mass is 646 g/mol. The average Bonchev–Trinajstić information content (AvgIpc) is 3.52. The van der Waals surface area contributed by atoms with Gasteiger partial charge in [0.15, 0.2) is 5.65 Å². The number of carbonyl (C=O) groups excluding carboxylic acids is 3. The summed E-state index contributed by atoms with van der Waals surface area (Å²) in [5.74, 6) is -0.0632. The maximum absolute atomic E-state index is 13.5. The van der Waals surface area contributed by atoms with Crippen molar-refractivity contribution in [3.8, 4) is 0 Å². The molecular weight excluding hydrogens is 608 g/mol. The molecule has 12 nitrogen and oxygen atoms in total. The molecule has 3 aromatic carbocycles. The molecule has 0 saturated carbocycles. The van der Waals surface area contributed by atoms with Crippen LogP contribution in [0.3, 0.4) is 0 Å². The minimum Gasteiger partial charge on any atom is -0.461 e. The van der Waals surface area contributed by atoms with Gasteiger partial charge in [0.05, 0.1) is 5.39 Å². The van der Waals surface area contributed by atoms with E-state index in [4.69, 9.17) is 4.74 Å². The zero-order chi connectivity index (χ0) is 33.6. The number of nitrogens with zero attached hydrogens (tertiary/aromatic N) is 5. The van der Waals surface area contributed by atoms with Gasteiger partial charge in [-0.2, -0.15) is 0 Å². The summed E-state index contributed by atoms with van der Waals surface area (Å²) >= 11 is 0. The lowest BCUT2D eigenvalue weighted by Gasteiger charge is -2.32. The van der Waals surface area contributed by atoms with E-state index in [1.54, 1.807) is 18.3 Å². The highest BCUT2D eigenvalue weighted by atomic mass is 16.5. The summed E-state index contributed by atoms with van der Waals surface area (Å²) in [5, 5.41) is 9.81. The third-order valence-corrected chi connectivity index (χ3v) is 8.29. The number of ether oxygens (including phenoxy) is 1. The summed E-state index contributed by atoms with van der Waals surface area (Å²) in [6.07, 6.45) is 3.02. The zero-order valence-corrected chi connectivity index (χ0v) is 27.2. The molecular formula is C36H38N8O4. The van der Waals surface area contributed by atoms with E-state index in [0.29, 0.717) is 33.8 Å². The predicted molar refractivity (Wildman–Crippen MR) is 185 cm³/mol. The van der Waals surface area contributed by atoms with Crippen LogP contribution in [0.2, 0.25) is 0 Å². The van der Waals surface area contributed by atoms with Crippen molar-refractivity contribution in [2.24, 2.45) is 0 Å². The number of rotatable bonds is 9. The normalized spacial score (nSPS) is 13.6. The summed E-state index contributed by atoms with van der Waals surface area (Å²) in [7, 11) is 2.14. The fourth-order valence-electron chi connectivity index (χ4n) is 5.51. The van der Waals surface area contributed by atoms with Crippen LogP contribution in [0.1, 0.15) is 34.0 Å². The highest BCUT2D eigenvalue weighted by molar-refractivity contribution is 6.05. The van der Waals surface area contributed by atoms with E-state index in [9.17, 15) is 14.4 Å². The fourth-order valence-corrected chi connectivity index (χ4v) is 5.51. The number of nitrogens with one attached hydrogen (secondary N) is 3. The molecule has 1 fully saturated rings. The van der Waals surface area contributed by atoms with Crippen LogP contribution < -0.4 is 16.0 Å². The van der Waals surface area contributed by atoms with Crippen LogP contribution in [-0.4, -0.2) is 75.5 Å². The van der Waals surface area contributed by atoms with Gasteiger partial charge in [0.1, 0.15) is 18.8 Å². The van der Waals surface area contributed by atoms with Gasteiger partial charge in [-0.25, -0.2) is 14.8 Å². The van der Waals surface area contributed by atoms with E-state index in [1.807, 2.05) is 67.6 Å². The van der Waals surface area contributed by atoms with Gasteiger partial charge in [0.2, 0.25) is 0 Å².